The molecular formula is C39H32O15. The van der Waals surface area contributed by atoms with Crippen molar-refractivity contribution in [3.8, 4) is 51.6 Å². The molecule has 0 bridgehead atoms. The first-order valence-corrected chi connectivity index (χ1v) is 16.2. The van der Waals surface area contributed by atoms with E-state index in [1.807, 2.05) is 0 Å². The van der Waals surface area contributed by atoms with E-state index in [9.17, 15) is 50.1 Å². The summed E-state index contributed by atoms with van der Waals surface area (Å²) in [5.74, 6) is -5.21. The number of aliphatic hydroxyl groups excluding tert-OH is 1. The van der Waals surface area contributed by atoms with Crippen molar-refractivity contribution in [2.45, 2.75) is 37.6 Å². The maximum Gasteiger partial charge on any atom is 0.331 e. The van der Waals surface area contributed by atoms with E-state index in [-0.39, 0.29) is 28.4 Å². The minimum Gasteiger partial charge on any atom is -0.508 e. The largest absolute Gasteiger partial charge is 0.508 e. The molecule has 15 nitrogen and oxygen atoms in total. The van der Waals surface area contributed by atoms with Gasteiger partial charge in [-0.3, -0.25) is 4.79 Å². The molecule has 0 spiro atoms. The summed E-state index contributed by atoms with van der Waals surface area (Å²) >= 11 is 0. The van der Waals surface area contributed by atoms with Gasteiger partial charge in [-0.25, -0.2) is 9.59 Å². The molecule has 4 aromatic carbocycles. The molecule has 6 rings (SSSR count). The van der Waals surface area contributed by atoms with Crippen molar-refractivity contribution in [2.75, 3.05) is 0 Å². The normalized spacial score (nSPS) is 19.9. The Morgan fingerprint density at radius 2 is 1.26 bits per heavy atom. The number of hydrogen-bond acceptors (Lipinski definition) is 15. The fourth-order valence-electron chi connectivity index (χ4n) is 5.57. The molecule has 15 heteroatoms. The molecule has 7 N–H and O–H groups in total. The van der Waals surface area contributed by atoms with Gasteiger partial charge in [-0.15, -0.1) is 0 Å². The molecule has 1 aliphatic heterocycles. The standard InChI is InChI=1S/C39H32O15/c1-19-35(52-30(46)14-6-20-2-9-23(40)10-3-20)34(49)38(53-31(47)15-7-21-4-11-24(41)12-5-21)39(50-19)54-37-33(48)32-28(45)17-25(42)18-29(32)51-36(37)22-8-13-26(43)27(44)16-22/h2-19,34-35,38-45,49H,1H3. The van der Waals surface area contributed by atoms with E-state index in [0.29, 0.717) is 11.1 Å². The Kier molecular flexibility index (Phi) is 10.4. The molecule has 2 heterocycles. The number of hydrogen-bond donors (Lipinski definition) is 7. The van der Waals surface area contributed by atoms with Crippen LogP contribution in [-0.2, 0) is 23.8 Å². The lowest BCUT2D eigenvalue weighted by Crippen LogP contribution is -2.61. The quantitative estimate of drug-likeness (QED) is 0.0628. The average molecular weight is 741 g/mol. The Hall–Kier alpha value is -6.97. The lowest BCUT2D eigenvalue weighted by atomic mass is 9.99. The number of ether oxygens (including phenoxy) is 4. The topological polar surface area (TPSA) is 243 Å². The first-order valence-electron chi connectivity index (χ1n) is 16.2. The van der Waals surface area contributed by atoms with Crippen LogP contribution in [0, 0.1) is 0 Å². The van der Waals surface area contributed by atoms with Crippen molar-refractivity contribution < 1.29 is 68.7 Å². The van der Waals surface area contributed by atoms with E-state index in [2.05, 4.69) is 0 Å². The summed E-state index contributed by atoms with van der Waals surface area (Å²) in [6.07, 6.45) is -3.25. The number of rotatable bonds is 9. The van der Waals surface area contributed by atoms with Gasteiger partial charge in [0.15, 0.2) is 29.5 Å². The number of aromatic hydroxyl groups is 6. The lowest BCUT2D eigenvalue weighted by molar-refractivity contribution is -0.275. The van der Waals surface area contributed by atoms with Gasteiger partial charge in [-0.2, -0.15) is 0 Å². The van der Waals surface area contributed by atoms with E-state index < -0.39 is 82.2 Å². The number of aliphatic hydroxyl groups is 1. The van der Waals surface area contributed by atoms with Crippen molar-refractivity contribution in [1.29, 1.82) is 0 Å². The van der Waals surface area contributed by atoms with Crippen molar-refractivity contribution in [2.24, 2.45) is 0 Å². The van der Waals surface area contributed by atoms with Crippen molar-refractivity contribution >= 4 is 35.1 Å². The third-order valence-corrected chi connectivity index (χ3v) is 8.26. The van der Waals surface area contributed by atoms with Gasteiger partial charge in [-0.1, -0.05) is 24.3 Å². The average Bonchev–Trinajstić information content (AvgIpc) is 3.13. The van der Waals surface area contributed by atoms with E-state index in [4.69, 9.17) is 23.4 Å². The Labute approximate surface area is 305 Å². The van der Waals surface area contributed by atoms with Gasteiger partial charge in [0.1, 0.15) is 40.1 Å². The summed E-state index contributed by atoms with van der Waals surface area (Å²) in [7, 11) is 0. The molecular weight excluding hydrogens is 708 g/mol. The van der Waals surface area contributed by atoms with Crippen molar-refractivity contribution in [3.05, 3.63) is 112 Å². The third-order valence-electron chi connectivity index (χ3n) is 8.26. The zero-order chi connectivity index (χ0) is 38.7. The van der Waals surface area contributed by atoms with Crippen molar-refractivity contribution in [1.82, 2.24) is 0 Å². The van der Waals surface area contributed by atoms with E-state index in [1.54, 1.807) is 12.1 Å². The fraction of sp³-hybridized carbons (Fsp3) is 0.154. The van der Waals surface area contributed by atoms with Gasteiger partial charge >= 0.3 is 11.9 Å². The van der Waals surface area contributed by atoms with Crippen LogP contribution in [0.25, 0.3) is 34.4 Å². The van der Waals surface area contributed by atoms with Gasteiger partial charge in [0.25, 0.3) is 0 Å². The number of fused-ring (bicyclic) bond motifs is 1. The van der Waals surface area contributed by atoms with E-state index in [0.717, 1.165) is 36.4 Å². The van der Waals surface area contributed by atoms with Crippen LogP contribution in [0.1, 0.15) is 18.1 Å². The highest BCUT2D eigenvalue weighted by molar-refractivity contribution is 5.89. The Morgan fingerprint density at radius 3 is 1.83 bits per heavy atom. The zero-order valence-electron chi connectivity index (χ0n) is 28.1. The molecule has 1 aromatic heterocycles. The van der Waals surface area contributed by atoms with Gasteiger partial charge in [-0.05, 0) is 72.7 Å². The predicted molar refractivity (Wildman–Crippen MR) is 190 cm³/mol. The molecule has 0 saturated carbocycles. The SMILES string of the molecule is CC1OC(Oc2c(-c3ccc(O)c(O)c3)oc3cc(O)cc(O)c3c2=O)C(OC(=O)C=Cc2ccc(O)cc2)C(O)C1OC(=O)C=Cc1ccc(O)cc1. The molecule has 5 atom stereocenters. The predicted octanol–water partition coefficient (Wildman–Crippen LogP) is 4.43. The summed E-state index contributed by atoms with van der Waals surface area (Å²) in [6, 6.07) is 17.1. The summed E-state index contributed by atoms with van der Waals surface area (Å²) < 4.78 is 29.0. The number of carbonyl (C=O) groups is 2. The molecule has 54 heavy (non-hydrogen) atoms. The monoisotopic (exact) mass is 740 g/mol. The first kappa shape index (κ1) is 36.8. The summed E-state index contributed by atoms with van der Waals surface area (Å²) in [6.45, 7) is 1.42. The molecule has 0 amide bonds. The van der Waals surface area contributed by atoms with E-state index in [1.165, 1.54) is 61.5 Å². The molecule has 0 aliphatic carbocycles. The van der Waals surface area contributed by atoms with Crippen LogP contribution >= 0.6 is 0 Å². The molecule has 1 saturated heterocycles. The highest BCUT2D eigenvalue weighted by atomic mass is 16.7. The zero-order valence-corrected chi connectivity index (χ0v) is 28.1. The Bertz CT molecular complexity index is 2310. The second-order valence-corrected chi connectivity index (χ2v) is 12.1. The fourth-order valence-corrected chi connectivity index (χ4v) is 5.57. The highest BCUT2D eigenvalue weighted by Gasteiger charge is 2.49. The summed E-state index contributed by atoms with van der Waals surface area (Å²) in [5, 5.41) is 71.1. The molecule has 5 aromatic rings. The second-order valence-electron chi connectivity index (χ2n) is 12.1. The first-order chi connectivity index (χ1) is 25.8. The maximum absolute atomic E-state index is 14.0. The van der Waals surface area contributed by atoms with Gasteiger partial charge in [0.2, 0.25) is 17.5 Å². The molecule has 1 aliphatic rings. The Morgan fingerprint density at radius 1 is 0.685 bits per heavy atom. The Balaban J connectivity index is 1.37. The molecule has 1 fully saturated rings. The van der Waals surface area contributed by atoms with E-state index >= 15 is 0 Å². The minimum absolute atomic E-state index is 0.00464. The van der Waals surface area contributed by atoms with Crippen LogP contribution in [0.5, 0.6) is 40.2 Å². The highest BCUT2D eigenvalue weighted by Crippen LogP contribution is 2.40. The summed E-state index contributed by atoms with van der Waals surface area (Å²) in [4.78, 5) is 40.0. The number of carbonyl (C=O) groups excluding carboxylic acids is 2. The molecule has 5 unspecified atom stereocenters. The van der Waals surface area contributed by atoms with Gasteiger partial charge in [0, 0.05) is 29.8 Å². The molecule has 0 radical (unpaired) electrons. The summed E-state index contributed by atoms with van der Waals surface area (Å²) in [5.41, 5.74) is -0.274. The van der Waals surface area contributed by atoms with Crippen molar-refractivity contribution in [3.63, 3.8) is 0 Å². The van der Waals surface area contributed by atoms with Crippen LogP contribution in [0.15, 0.2) is 100 Å². The maximum atomic E-state index is 14.0. The smallest absolute Gasteiger partial charge is 0.331 e. The van der Waals surface area contributed by atoms with Crippen LogP contribution in [0.3, 0.4) is 0 Å². The number of esters is 2. The van der Waals surface area contributed by atoms with Crippen LogP contribution in [-0.4, -0.2) is 78.4 Å². The lowest BCUT2D eigenvalue weighted by Gasteiger charge is -2.41. The number of phenols is 6. The molecule has 278 valence electrons. The van der Waals surface area contributed by atoms with Gasteiger partial charge < -0.3 is 59.1 Å². The number of benzene rings is 4. The second kappa shape index (κ2) is 15.3. The van der Waals surface area contributed by atoms with Crippen LogP contribution < -0.4 is 10.2 Å². The number of phenolic OH excluding ortho intramolecular Hbond substituents is 6. The third kappa shape index (κ3) is 8.07. The minimum atomic E-state index is -1.84. The van der Waals surface area contributed by atoms with Crippen LogP contribution in [0.4, 0.5) is 0 Å². The van der Waals surface area contributed by atoms with Gasteiger partial charge in [0.05, 0.1) is 6.10 Å². The van der Waals surface area contributed by atoms with Crippen LogP contribution in [0.2, 0.25) is 0 Å².